The highest BCUT2D eigenvalue weighted by Gasteiger charge is 2.70. The number of imide groups is 2. The highest BCUT2D eigenvalue weighted by molar-refractivity contribution is 6.30. The van der Waals surface area contributed by atoms with Gasteiger partial charge in [-0.15, -0.1) is 13.2 Å². The highest BCUT2D eigenvalue weighted by atomic mass is 35.5. The summed E-state index contributed by atoms with van der Waals surface area (Å²) >= 11 is 6.29. The van der Waals surface area contributed by atoms with E-state index < -0.39 is 82.3 Å². The van der Waals surface area contributed by atoms with Crippen molar-refractivity contribution in [3.05, 3.63) is 137 Å². The van der Waals surface area contributed by atoms with Crippen LogP contribution in [0.2, 0.25) is 5.02 Å². The Labute approximate surface area is 316 Å². The number of hydrogen-bond donors (Lipinski definition) is 2. The molecule has 6 unspecified atom stereocenters. The maximum Gasteiger partial charge on any atom is 0.573 e. The number of carbonyl (C=O) groups excluding carboxylic acids is 4. The van der Waals surface area contributed by atoms with Crippen LogP contribution in [0.15, 0.2) is 109 Å². The summed E-state index contributed by atoms with van der Waals surface area (Å²) in [6, 6.07) is 20.5. The van der Waals surface area contributed by atoms with Crippen LogP contribution in [0.25, 0.3) is 6.08 Å². The zero-order chi connectivity index (χ0) is 39.0. The number of alkyl halides is 3. The molecule has 4 aliphatic rings. The van der Waals surface area contributed by atoms with Crippen LogP contribution in [0, 0.1) is 29.5 Å². The average Bonchev–Trinajstić information content (AvgIpc) is 3.53. The summed E-state index contributed by atoms with van der Waals surface area (Å²) in [5.74, 6) is -9.73. The molecule has 4 aromatic rings. The Kier molecular flexibility index (Phi) is 8.60. The largest absolute Gasteiger partial charge is 0.573 e. The van der Waals surface area contributed by atoms with E-state index in [4.69, 9.17) is 11.6 Å². The van der Waals surface area contributed by atoms with Crippen molar-refractivity contribution in [3.8, 4) is 11.5 Å². The minimum Gasteiger partial charge on any atom is -0.508 e. The molecule has 8 rings (SSSR count). The van der Waals surface area contributed by atoms with Gasteiger partial charge in [-0.3, -0.25) is 29.5 Å². The molecule has 0 radical (unpaired) electrons. The molecule has 2 saturated heterocycles. The van der Waals surface area contributed by atoms with Crippen LogP contribution in [-0.4, -0.2) is 40.1 Å². The summed E-state index contributed by atoms with van der Waals surface area (Å²) in [6.45, 7) is 3.74. The number of allylic oxidation sites excluding steroid dienone is 2. The van der Waals surface area contributed by atoms with Gasteiger partial charge >= 0.3 is 6.36 Å². The topological polar surface area (TPSA) is 116 Å². The van der Waals surface area contributed by atoms with Gasteiger partial charge in [-0.25, -0.2) is 4.39 Å². The van der Waals surface area contributed by atoms with Crippen LogP contribution < -0.4 is 15.1 Å². The van der Waals surface area contributed by atoms with Crippen LogP contribution in [0.3, 0.4) is 0 Å². The summed E-state index contributed by atoms with van der Waals surface area (Å²) in [5, 5.41) is 12.6. The Morgan fingerprint density at radius 2 is 1.58 bits per heavy atom. The predicted octanol–water partition coefficient (Wildman–Crippen LogP) is 7.92. The van der Waals surface area contributed by atoms with Gasteiger partial charge in [-0.1, -0.05) is 60.2 Å². The molecular formula is C41H30ClF4N3O6. The molecule has 0 bridgehead atoms. The molecule has 1 saturated carbocycles. The van der Waals surface area contributed by atoms with Gasteiger partial charge in [0.05, 0.1) is 34.5 Å². The van der Waals surface area contributed by atoms with Crippen molar-refractivity contribution in [3.63, 3.8) is 0 Å². The van der Waals surface area contributed by atoms with Crippen molar-refractivity contribution >= 4 is 52.7 Å². The Hall–Kier alpha value is -5.95. The van der Waals surface area contributed by atoms with Crippen LogP contribution >= 0.6 is 11.6 Å². The summed E-state index contributed by atoms with van der Waals surface area (Å²) in [7, 11) is 0. The number of nitrogens with one attached hydrogen (secondary N) is 1. The summed E-state index contributed by atoms with van der Waals surface area (Å²) < 4.78 is 58.9. The molecule has 280 valence electrons. The quantitative estimate of drug-likeness (QED) is 0.112. The molecule has 0 aromatic heterocycles. The average molecular weight is 772 g/mol. The molecule has 2 N–H and O–H groups in total. The van der Waals surface area contributed by atoms with Crippen molar-refractivity contribution in [1.29, 1.82) is 0 Å². The molecule has 55 heavy (non-hydrogen) atoms. The van der Waals surface area contributed by atoms with E-state index in [-0.39, 0.29) is 29.7 Å². The standard InChI is InChI=1S/C41H30ClF4N3O6/c1-2-21-3-13-26(14-4-21)48-36(51)29-17-16-28-30(34(29)38(48)53)20-32-37(52)49(47-25-11-9-24(43)10-12-25)39(54)40(32,22-5-7-23(42)8-6-22)35(28)31-19-27(15-18-33(31)50)55-41(44,45)46/h2-16,18-19,29-30,32,34-35,47,50H,1,17,20H2. The summed E-state index contributed by atoms with van der Waals surface area (Å²) in [6.07, 6.45) is -1.90. The number of phenols is 1. The van der Waals surface area contributed by atoms with Gasteiger partial charge in [0, 0.05) is 16.5 Å². The van der Waals surface area contributed by atoms with E-state index in [2.05, 4.69) is 16.7 Å². The monoisotopic (exact) mass is 771 g/mol. The van der Waals surface area contributed by atoms with Crippen molar-refractivity contribution < 1.29 is 46.6 Å². The van der Waals surface area contributed by atoms with Gasteiger partial charge in [-0.2, -0.15) is 5.01 Å². The SMILES string of the molecule is C=Cc1ccc(N2C(=O)C3CC=C4C(CC5C(=O)N(Nc6ccc(F)cc6)C(=O)C5(c5ccc(Cl)cc5)C4c4cc(OC(F)(F)F)ccc4O)C3C2=O)cc1. The number of rotatable bonds is 7. The van der Waals surface area contributed by atoms with E-state index in [1.165, 1.54) is 36.4 Å². The molecule has 0 spiro atoms. The number of benzene rings is 4. The molecular weight excluding hydrogens is 742 g/mol. The summed E-state index contributed by atoms with van der Waals surface area (Å²) in [5.41, 5.74) is 2.60. The normalized spacial score (nSPS) is 26.0. The van der Waals surface area contributed by atoms with E-state index >= 15 is 4.79 Å². The van der Waals surface area contributed by atoms with E-state index in [1.807, 2.05) is 0 Å². The van der Waals surface area contributed by atoms with E-state index in [1.54, 1.807) is 36.4 Å². The van der Waals surface area contributed by atoms with E-state index in [9.17, 15) is 37.1 Å². The lowest BCUT2D eigenvalue weighted by molar-refractivity contribution is -0.274. The van der Waals surface area contributed by atoms with Crippen LogP contribution in [0.1, 0.15) is 35.4 Å². The predicted molar refractivity (Wildman–Crippen MR) is 193 cm³/mol. The molecule has 2 aliphatic carbocycles. The lowest BCUT2D eigenvalue weighted by atomic mass is 9.49. The smallest absolute Gasteiger partial charge is 0.508 e. The number of phenolic OH excluding ortho intramolecular Hbond substituents is 1. The summed E-state index contributed by atoms with van der Waals surface area (Å²) in [4.78, 5) is 59.6. The fourth-order valence-corrected chi connectivity index (χ4v) is 9.10. The second kappa shape index (κ2) is 13.1. The first-order valence-corrected chi connectivity index (χ1v) is 17.7. The van der Waals surface area contributed by atoms with Crippen LogP contribution in [-0.2, 0) is 24.6 Å². The molecule has 14 heteroatoms. The highest BCUT2D eigenvalue weighted by Crippen LogP contribution is 2.65. The third-order valence-corrected chi connectivity index (χ3v) is 11.4. The molecule has 9 nitrogen and oxygen atoms in total. The minimum atomic E-state index is -5.12. The zero-order valence-corrected chi connectivity index (χ0v) is 29.4. The van der Waals surface area contributed by atoms with E-state index in [0.29, 0.717) is 16.3 Å². The molecule has 2 aliphatic heterocycles. The number of aromatic hydroxyl groups is 1. The first-order valence-electron chi connectivity index (χ1n) is 17.3. The number of amides is 4. The Morgan fingerprint density at radius 1 is 0.891 bits per heavy atom. The van der Waals surface area contributed by atoms with Gasteiger partial charge in [-0.05, 0) is 96.6 Å². The number of hydrogen-bond acceptors (Lipinski definition) is 7. The van der Waals surface area contributed by atoms with E-state index in [0.717, 1.165) is 45.8 Å². The van der Waals surface area contributed by atoms with Crippen LogP contribution in [0.5, 0.6) is 11.5 Å². The maximum absolute atomic E-state index is 15.2. The minimum absolute atomic E-state index is 0.0271. The fraction of sp³-hybridized carbons (Fsp3) is 0.220. The number of carbonyl (C=O) groups is 4. The molecule has 4 amide bonds. The van der Waals surface area contributed by atoms with Gasteiger partial charge in [0.15, 0.2) is 0 Å². The van der Waals surface area contributed by atoms with Crippen molar-refractivity contribution in [2.45, 2.75) is 30.5 Å². The maximum atomic E-state index is 15.2. The van der Waals surface area contributed by atoms with Crippen LogP contribution in [0.4, 0.5) is 28.9 Å². The third-order valence-electron chi connectivity index (χ3n) is 11.2. The Balaban J connectivity index is 1.34. The number of halogens is 5. The van der Waals surface area contributed by atoms with Gasteiger partial charge in [0.1, 0.15) is 17.3 Å². The molecule has 3 fully saturated rings. The van der Waals surface area contributed by atoms with Gasteiger partial charge in [0.2, 0.25) is 11.8 Å². The zero-order valence-electron chi connectivity index (χ0n) is 28.6. The number of nitrogens with zero attached hydrogens (tertiary/aromatic N) is 2. The molecule has 2 heterocycles. The number of ether oxygens (including phenoxy) is 1. The van der Waals surface area contributed by atoms with Gasteiger partial charge in [0.25, 0.3) is 11.8 Å². The lowest BCUT2D eigenvalue weighted by Gasteiger charge is -2.50. The fourth-order valence-electron chi connectivity index (χ4n) is 8.97. The number of anilines is 2. The van der Waals surface area contributed by atoms with Gasteiger partial charge < -0.3 is 9.84 Å². The van der Waals surface area contributed by atoms with Crippen molar-refractivity contribution in [1.82, 2.24) is 5.01 Å². The number of fused-ring (bicyclic) bond motifs is 4. The first kappa shape index (κ1) is 36.0. The second-order valence-electron chi connectivity index (χ2n) is 13.9. The Bertz CT molecular complexity index is 2300. The number of hydrazine groups is 1. The second-order valence-corrected chi connectivity index (χ2v) is 14.4. The third kappa shape index (κ3) is 5.76. The van der Waals surface area contributed by atoms with Crippen molar-refractivity contribution in [2.24, 2.45) is 23.7 Å². The first-order chi connectivity index (χ1) is 26.2. The molecule has 6 atom stereocenters. The Morgan fingerprint density at radius 3 is 2.24 bits per heavy atom. The molecule has 4 aromatic carbocycles. The van der Waals surface area contributed by atoms with Crippen molar-refractivity contribution in [2.75, 3.05) is 10.3 Å². The lowest BCUT2D eigenvalue weighted by Crippen LogP contribution is -2.53.